The monoisotopic (exact) mass is 636 g/mol. The minimum atomic E-state index is -2.80. The Morgan fingerprint density at radius 3 is 1.93 bits per heavy atom. The third-order valence-electron chi connectivity index (χ3n) is 8.33. The van der Waals surface area contributed by atoms with Gasteiger partial charge in [0, 0.05) is 17.0 Å². The van der Waals surface area contributed by atoms with Crippen LogP contribution in [0.5, 0.6) is 11.5 Å². The van der Waals surface area contributed by atoms with Crippen molar-refractivity contribution in [3.63, 3.8) is 0 Å². The van der Waals surface area contributed by atoms with Crippen LogP contribution in [0.2, 0.25) is 0 Å². The van der Waals surface area contributed by atoms with Gasteiger partial charge >= 0.3 is 17.9 Å². The molecule has 1 fully saturated rings. The molecule has 3 aromatic carbocycles. The second kappa shape index (κ2) is 12.1. The minimum absolute atomic E-state index is 0.169. The Balaban J connectivity index is 1.64. The van der Waals surface area contributed by atoms with Crippen molar-refractivity contribution in [3.8, 4) is 11.5 Å². The van der Waals surface area contributed by atoms with Crippen molar-refractivity contribution in [2.24, 2.45) is 11.3 Å². The van der Waals surface area contributed by atoms with E-state index in [4.69, 9.17) is 18.9 Å². The Morgan fingerprint density at radius 1 is 0.867 bits per heavy atom. The Bertz CT molecular complexity index is 1610. The van der Waals surface area contributed by atoms with Gasteiger partial charge in [0.1, 0.15) is 29.2 Å². The van der Waals surface area contributed by atoms with Crippen LogP contribution in [0.25, 0.3) is 0 Å². The number of fused-ring (bicyclic) bond motifs is 2. The molecule has 238 valence electrons. The zero-order valence-electron chi connectivity index (χ0n) is 23.9. The minimum Gasteiger partial charge on any atom is -0.469 e. The highest BCUT2D eigenvalue weighted by molar-refractivity contribution is 5.89. The maximum absolute atomic E-state index is 17.2. The molecule has 1 aliphatic carbocycles. The number of esters is 3. The number of hydrogen-bond acceptors (Lipinski definition) is 7. The number of benzene rings is 3. The maximum atomic E-state index is 17.2. The summed E-state index contributed by atoms with van der Waals surface area (Å²) >= 11 is 0. The van der Waals surface area contributed by atoms with Crippen LogP contribution in [0, 0.1) is 40.4 Å². The van der Waals surface area contributed by atoms with E-state index < -0.39 is 101 Å². The predicted octanol–water partition coefficient (Wildman–Crippen LogP) is 6.59. The molecule has 1 saturated carbocycles. The van der Waals surface area contributed by atoms with Gasteiger partial charge in [-0.15, -0.1) is 0 Å². The van der Waals surface area contributed by atoms with Crippen molar-refractivity contribution < 1.29 is 59.7 Å². The van der Waals surface area contributed by atoms with Gasteiger partial charge < -0.3 is 18.9 Å². The van der Waals surface area contributed by atoms with Gasteiger partial charge in [0.05, 0.1) is 31.6 Å². The number of carbonyl (C=O) groups excluding carboxylic acids is 3. The molecule has 5 rings (SSSR count). The summed E-state index contributed by atoms with van der Waals surface area (Å²) in [6, 6.07) is 13.3. The lowest BCUT2D eigenvalue weighted by molar-refractivity contribution is -0.173. The molecule has 7 nitrogen and oxygen atoms in total. The standard InChI is InChI=1S/C32H26F6O7/c1-3-43-23(39)14-31(32(38)13-20(32)29(40)42-2,30(41)44-15-19-24(33)26(35)28(37)27(36)25(19)34)12-18-16-8-4-6-10-21(16)45-22-11-7-5-9-17(18)22/h4-11,18,20H,3,12-15H2,1-2H3/t20-,31?,32-/m1/s1. The van der Waals surface area contributed by atoms with Crippen LogP contribution >= 0.6 is 0 Å². The van der Waals surface area contributed by atoms with Gasteiger partial charge in [-0.3, -0.25) is 14.4 Å². The molecular formula is C32H26F6O7. The molecule has 45 heavy (non-hydrogen) atoms. The van der Waals surface area contributed by atoms with E-state index in [1.807, 2.05) is 0 Å². The number of hydrogen-bond donors (Lipinski definition) is 0. The highest BCUT2D eigenvalue weighted by Crippen LogP contribution is 2.65. The summed E-state index contributed by atoms with van der Waals surface area (Å²) in [5, 5.41) is 0. The molecule has 1 heterocycles. The first-order chi connectivity index (χ1) is 21.4. The van der Waals surface area contributed by atoms with Crippen LogP contribution in [0.1, 0.15) is 48.8 Å². The molecule has 13 heteroatoms. The van der Waals surface area contributed by atoms with Crippen LogP contribution in [0.4, 0.5) is 26.3 Å². The molecule has 1 aliphatic heterocycles. The van der Waals surface area contributed by atoms with Crippen molar-refractivity contribution in [2.75, 3.05) is 13.7 Å². The Kier molecular flexibility index (Phi) is 8.56. The summed E-state index contributed by atoms with van der Waals surface area (Å²) in [4.78, 5) is 39.7. The highest BCUT2D eigenvalue weighted by atomic mass is 19.2. The average molecular weight is 637 g/mol. The number of halogens is 6. The fourth-order valence-electron chi connectivity index (χ4n) is 5.98. The van der Waals surface area contributed by atoms with Crippen molar-refractivity contribution >= 4 is 17.9 Å². The van der Waals surface area contributed by atoms with Gasteiger partial charge in [-0.05, 0) is 31.9 Å². The summed E-state index contributed by atoms with van der Waals surface area (Å²) < 4.78 is 108. The SMILES string of the molecule is CCOC(=O)CC(CC1c2ccccc2Oc2ccccc21)(C(=O)OCc1c(F)c(F)c(F)c(F)c1F)[C@@]1(F)C[C@@H]1C(=O)OC. The highest BCUT2D eigenvalue weighted by Gasteiger charge is 2.75. The predicted molar refractivity (Wildman–Crippen MR) is 143 cm³/mol. The van der Waals surface area contributed by atoms with Crippen LogP contribution in [-0.2, 0) is 35.2 Å². The van der Waals surface area contributed by atoms with E-state index in [2.05, 4.69) is 0 Å². The Hall–Kier alpha value is -4.55. The van der Waals surface area contributed by atoms with Crippen molar-refractivity contribution in [2.45, 2.75) is 44.4 Å². The summed E-state index contributed by atoms with van der Waals surface area (Å²) in [6.45, 7) is -0.210. The molecule has 0 bridgehead atoms. The van der Waals surface area contributed by atoms with Gasteiger partial charge in [-0.1, -0.05) is 36.4 Å². The number of methoxy groups -OCH3 is 1. The number of carbonyl (C=O) groups is 3. The third-order valence-corrected chi connectivity index (χ3v) is 8.33. The van der Waals surface area contributed by atoms with E-state index in [-0.39, 0.29) is 6.61 Å². The van der Waals surface area contributed by atoms with Gasteiger partial charge in [-0.2, -0.15) is 0 Å². The van der Waals surface area contributed by atoms with Gasteiger partial charge in [0.15, 0.2) is 23.3 Å². The average Bonchev–Trinajstić information content (AvgIpc) is 3.74. The molecule has 0 radical (unpaired) electrons. The molecule has 2 aliphatic rings. The van der Waals surface area contributed by atoms with E-state index in [9.17, 15) is 36.3 Å². The maximum Gasteiger partial charge on any atom is 0.316 e. The third kappa shape index (κ3) is 5.38. The molecule has 0 saturated heterocycles. The normalized spacial score (nSPS) is 19.8. The number of ether oxygens (including phenoxy) is 4. The Labute approximate surface area is 253 Å². The second-order valence-electron chi connectivity index (χ2n) is 10.8. The molecule has 1 unspecified atom stereocenters. The van der Waals surface area contributed by atoms with Gasteiger partial charge in [-0.25, -0.2) is 26.3 Å². The summed E-state index contributed by atoms with van der Waals surface area (Å²) in [6.07, 6.45) is -2.14. The number of para-hydroxylation sites is 2. The van der Waals surface area contributed by atoms with E-state index in [1.54, 1.807) is 48.5 Å². The molecule has 0 N–H and O–H groups in total. The summed E-state index contributed by atoms with van der Waals surface area (Å²) in [5.41, 5.74) is -5.90. The molecule has 3 atom stereocenters. The lowest BCUT2D eigenvalue weighted by Gasteiger charge is -2.39. The molecule has 0 spiro atoms. The number of rotatable bonds is 10. The zero-order valence-corrected chi connectivity index (χ0v) is 23.9. The summed E-state index contributed by atoms with van der Waals surface area (Å²) in [5.74, 6) is -16.8. The zero-order chi connectivity index (χ0) is 32.7. The first kappa shape index (κ1) is 31.9. The molecular weight excluding hydrogens is 610 g/mol. The van der Waals surface area contributed by atoms with Crippen LogP contribution in [0.3, 0.4) is 0 Å². The second-order valence-corrected chi connectivity index (χ2v) is 10.8. The van der Waals surface area contributed by atoms with E-state index in [0.717, 1.165) is 7.11 Å². The molecule has 0 aromatic heterocycles. The van der Waals surface area contributed by atoms with Crippen molar-refractivity contribution in [1.82, 2.24) is 0 Å². The van der Waals surface area contributed by atoms with Crippen molar-refractivity contribution in [1.29, 1.82) is 0 Å². The van der Waals surface area contributed by atoms with E-state index in [1.165, 1.54) is 6.92 Å². The number of alkyl halides is 1. The van der Waals surface area contributed by atoms with Crippen LogP contribution in [0.15, 0.2) is 48.5 Å². The topological polar surface area (TPSA) is 88.1 Å². The van der Waals surface area contributed by atoms with Crippen LogP contribution in [-0.4, -0.2) is 37.3 Å². The smallest absolute Gasteiger partial charge is 0.316 e. The first-order valence-electron chi connectivity index (χ1n) is 13.9. The quantitative estimate of drug-likeness (QED) is 0.0816. The lowest BCUT2D eigenvalue weighted by Crippen LogP contribution is -2.48. The Morgan fingerprint density at radius 2 is 1.40 bits per heavy atom. The molecule has 0 amide bonds. The first-order valence-corrected chi connectivity index (χ1v) is 13.9. The fourth-order valence-corrected chi connectivity index (χ4v) is 5.98. The lowest BCUT2D eigenvalue weighted by atomic mass is 9.67. The van der Waals surface area contributed by atoms with Gasteiger partial charge in [0.2, 0.25) is 5.82 Å². The largest absolute Gasteiger partial charge is 0.469 e. The van der Waals surface area contributed by atoms with Crippen LogP contribution < -0.4 is 4.74 Å². The van der Waals surface area contributed by atoms with Gasteiger partial charge in [0.25, 0.3) is 0 Å². The fraction of sp³-hybridized carbons (Fsp3) is 0.344. The van der Waals surface area contributed by atoms with Crippen molar-refractivity contribution in [3.05, 3.63) is 94.3 Å². The van der Waals surface area contributed by atoms with E-state index in [0.29, 0.717) is 22.6 Å². The summed E-state index contributed by atoms with van der Waals surface area (Å²) in [7, 11) is 1.00. The van der Waals surface area contributed by atoms with E-state index >= 15 is 4.39 Å². The molecule has 3 aromatic rings.